The molecule has 1 aliphatic heterocycles. The zero-order valence-corrected chi connectivity index (χ0v) is 16.3. The molecule has 3 nitrogen and oxygen atoms in total. The van der Waals surface area contributed by atoms with Crippen LogP contribution in [0.5, 0.6) is 5.75 Å². The van der Waals surface area contributed by atoms with Crippen LogP contribution < -0.4 is 9.64 Å². The topological polar surface area (TPSA) is 29.5 Å². The minimum atomic E-state index is -0.676. The first-order valence-corrected chi connectivity index (χ1v) is 9.54. The predicted molar refractivity (Wildman–Crippen MR) is 111 cm³/mol. The van der Waals surface area contributed by atoms with Gasteiger partial charge < -0.3 is 9.64 Å². The molecule has 0 N–H and O–H groups in total. The van der Waals surface area contributed by atoms with Crippen molar-refractivity contribution in [2.75, 3.05) is 12.0 Å². The number of methoxy groups -OCH3 is 1. The van der Waals surface area contributed by atoms with Gasteiger partial charge in [-0.05, 0) is 42.0 Å². The van der Waals surface area contributed by atoms with Gasteiger partial charge in [-0.25, -0.2) is 8.78 Å². The van der Waals surface area contributed by atoms with E-state index in [1.54, 1.807) is 12.0 Å². The number of ether oxygens (including phenoxy) is 1. The average Bonchev–Trinajstić information content (AvgIpc) is 2.75. The van der Waals surface area contributed by atoms with Crippen LogP contribution in [0.25, 0.3) is 0 Å². The molecule has 1 saturated heterocycles. The van der Waals surface area contributed by atoms with Crippen LogP contribution in [0.1, 0.15) is 23.6 Å². The molecule has 3 aromatic rings. The van der Waals surface area contributed by atoms with Gasteiger partial charge in [0, 0.05) is 23.7 Å². The number of nitrogens with zero attached hydrogens (tertiary/aromatic N) is 1. The van der Waals surface area contributed by atoms with E-state index in [1.807, 2.05) is 54.6 Å². The highest BCUT2D eigenvalue weighted by Gasteiger charge is 2.48. The predicted octanol–water partition coefficient (Wildman–Crippen LogP) is 5.12. The summed E-state index contributed by atoms with van der Waals surface area (Å²) in [6.07, 6.45) is 0.289. The molecule has 1 heterocycles. The molecule has 150 valence electrons. The highest BCUT2D eigenvalue weighted by molar-refractivity contribution is 6.03. The minimum Gasteiger partial charge on any atom is -0.497 e. The zero-order chi connectivity index (χ0) is 21.1. The molecular formula is C25H19F2NO2. The van der Waals surface area contributed by atoms with Crippen LogP contribution in [0.3, 0.4) is 0 Å². The van der Waals surface area contributed by atoms with Gasteiger partial charge >= 0.3 is 0 Å². The number of benzene rings is 3. The van der Waals surface area contributed by atoms with Crippen molar-refractivity contribution in [3.8, 4) is 17.6 Å². The molecule has 4 rings (SSSR count). The summed E-state index contributed by atoms with van der Waals surface area (Å²) in [5, 5.41) is 0. The fraction of sp³-hybridized carbons (Fsp3) is 0.160. The number of carbonyl (C=O) groups excluding carboxylic acids is 1. The quantitative estimate of drug-likeness (QED) is 0.447. The van der Waals surface area contributed by atoms with Gasteiger partial charge in [0.05, 0.1) is 19.1 Å². The standard InChI is InChI=1S/C25H19F2NO2/c1-30-22-12-10-18(11-13-22)24-23(25(29)28(24)21-7-3-2-4-8-21)9-5-6-17-14-19(26)16-20(27)15-17/h2-4,7-8,10-16,23-24H,9H2,1H3/t23-,24-/m1/s1. The highest BCUT2D eigenvalue weighted by Crippen LogP contribution is 2.45. The van der Waals surface area contributed by atoms with E-state index in [4.69, 9.17) is 4.74 Å². The van der Waals surface area contributed by atoms with Crippen molar-refractivity contribution < 1.29 is 18.3 Å². The number of rotatable bonds is 4. The lowest BCUT2D eigenvalue weighted by molar-refractivity contribution is -0.130. The molecule has 1 amide bonds. The van der Waals surface area contributed by atoms with E-state index in [2.05, 4.69) is 11.8 Å². The fourth-order valence-corrected chi connectivity index (χ4v) is 3.70. The van der Waals surface area contributed by atoms with E-state index in [1.165, 1.54) is 12.1 Å². The molecule has 0 aliphatic carbocycles. The third kappa shape index (κ3) is 3.90. The summed E-state index contributed by atoms with van der Waals surface area (Å²) in [7, 11) is 1.60. The lowest BCUT2D eigenvalue weighted by Crippen LogP contribution is -2.55. The summed E-state index contributed by atoms with van der Waals surface area (Å²) >= 11 is 0. The Bertz CT molecular complexity index is 1100. The second-order valence-corrected chi connectivity index (χ2v) is 7.03. The largest absolute Gasteiger partial charge is 0.497 e. The number of β-lactam (4-membered cyclic amide) rings is 1. The molecule has 0 bridgehead atoms. The maximum absolute atomic E-state index is 13.4. The van der Waals surface area contributed by atoms with E-state index < -0.39 is 11.6 Å². The van der Waals surface area contributed by atoms with Gasteiger partial charge in [0.15, 0.2) is 0 Å². The molecule has 0 radical (unpaired) electrons. The van der Waals surface area contributed by atoms with Crippen molar-refractivity contribution in [3.63, 3.8) is 0 Å². The van der Waals surface area contributed by atoms with Gasteiger partial charge in [0.1, 0.15) is 17.4 Å². The molecule has 0 aromatic heterocycles. The first-order valence-electron chi connectivity index (χ1n) is 9.54. The van der Waals surface area contributed by atoms with Crippen LogP contribution in [0.15, 0.2) is 72.8 Å². The van der Waals surface area contributed by atoms with E-state index in [9.17, 15) is 13.6 Å². The Balaban J connectivity index is 1.61. The first-order chi connectivity index (χ1) is 14.6. The van der Waals surface area contributed by atoms with Crippen LogP contribution >= 0.6 is 0 Å². The van der Waals surface area contributed by atoms with Gasteiger partial charge in [0.2, 0.25) is 5.91 Å². The summed E-state index contributed by atoms with van der Waals surface area (Å²) in [6.45, 7) is 0. The van der Waals surface area contributed by atoms with Crippen LogP contribution in [0.2, 0.25) is 0 Å². The van der Waals surface area contributed by atoms with Gasteiger partial charge in [0.25, 0.3) is 0 Å². The molecule has 0 unspecified atom stereocenters. The molecule has 1 fully saturated rings. The monoisotopic (exact) mass is 403 g/mol. The van der Waals surface area contributed by atoms with Crippen molar-refractivity contribution in [1.29, 1.82) is 0 Å². The molecule has 5 heteroatoms. The SMILES string of the molecule is COc1ccc([C@@H]2[C@@H](CC#Cc3cc(F)cc(F)c3)C(=O)N2c2ccccc2)cc1. The van der Waals surface area contributed by atoms with Gasteiger partial charge in [-0.1, -0.05) is 42.2 Å². The Kier molecular flexibility index (Phi) is 5.49. The lowest BCUT2D eigenvalue weighted by atomic mass is 9.80. The maximum atomic E-state index is 13.4. The number of amides is 1. The van der Waals surface area contributed by atoms with Crippen molar-refractivity contribution in [1.82, 2.24) is 0 Å². The Morgan fingerprint density at radius 3 is 2.27 bits per heavy atom. The Morgan fingerprint density at radius 1 is 0.967 bits per heavy atom. The Morgan fingerprint density at radius 2 is 1.63 bits per heavy atom. The second-order valence-electron chi connectivity index (χ2n) is 7.03. The van der Waals surface area contributed by atoms with Gasteiger partial charge in [-0.3, -0.25) is 4.79 Å². The molecule has 30 heavy (non-hydrogen) atoms. The highest BCUT2D eigenvalue weighted by atomic mass is 19.1. The third-order valence-electron chi connectivity index (χ3n) is 5.12. The summed E-state index contributed by atoms with van der Waals surface area (Å²) in [5.74, 6) is 4.71. The van der Waals surface area contributed by atoms with E-state index in [0.717, 1.165) is 23.1 Å². The Labute approximate surface area is 173 Å². The van der Waals surface area contributed by atoms with Gasteiger partial charge in [-0.2, -0.15) is 0 Å². The summed E-state index contributed by atoms with van der Waals surface area (Å²) in [4.78, 5) is 14.7. The molecule has 2 atom stereocenters. The number of hydrogen-bond acceptors (Lipinski definition) is 2. The van der Waals surface area contributed by atoms with Gasteiger partial charge in [-0.15, -0.1) is 0 Å². The van der Waals surface area contributed by atoms with Crippen molar-refractivity contribution in [2.45, 2.75) is 12.5 Å². The van der Waals surface area contributed by atoms with Crippen LogP contribution in [-0.4, -0.2) is 13.0 Å². The van der Waals surface area contributed by atoms with Crippen LogP contribution in [-0.2, 0) is 4.79 Å². The summed E-state index contributed by atoms with van der Waals surface area (Å²) in [6, 6.07) is 20.0. The summed E-state index contributed by atoms with van der Waals surface area (Å²) in [5.41, 5.74) is 2.04. The number of hydrogen-bond donors (Lipinski definition) is 0. The first kappa shape index (κ1) is 19.7. The van der Waals surface area contributed by atoms with E-state index >= 15 is 0 Å². The minimum absolute atomic E-state index is 0.0262. The summed E-state index contributed by atoms with van der Waals surface area (Å²) < 4.78 is 31.9. The molecule has 3 aromatic carbocycles. The number of carbonyl (C=O) groups is 1. The van der Waals surface area contributed by atoms with E-state index in [0.29, 0.717) is 0 Å². The van der Waals surface area contributed by atoms with Crippen molar-refractivity contribution >= 4 is 11.6 Å². The average molecular weight is 403 g/mol. The number of anilines is 1. The Hall–Kier alpha value is -3.65. The maximum Gasteiger partial charge on any atom is 0.234 e. The molecule has 0 spiro atoms. The zero-order valence-electron chi connectivity index (χ0n) is 16.3. The molecule has 1 aliphatic rings. The smallest absolute Gasteiger partial charge is 0.234 e. The fourth-order valence-electron chi connectivity index (χ4n) is 3.70. The lowest BCUT2D eigenvalue weighted by Gasteiger charge is -2.47. The van der Waals surface area contributed by atoms with E-state index in [-0.39, 0.29) is 29.9 Å². The van der Waals surface area contributed by atoms with Crippen LogP contribution in [0.4, 0.5) is 14.5 Å². The second kappa shape index (κ2) is 8.38. The van der Waals surface area contributed by atoms with Crippen molar-refractivity contribution in [3.05, 3.63) is 95.6 Å². The normalized spacial score (nSPS) is 17.7. The van der Waals surface area contributed by atoms with Crippen molar-refractivity contribution in [2.24, 2.45) is 5.92 Å². The molecule has 0 saturated carbocycles. The number of para-hydroxylation sites is 1. The third-order valence-corrected chi connectivity index (χ3v) is 5.12. The van der Waals surface area contributed by atoms with Crippen LogP contribution in [0, 0.1) is 29.4 Å². The number of halogens is 2. The molecular weight excluding hydrogens is 384 g/mol.